The SMILES string of the molecule is C/C(O)=C(\Nc1ccccc1)C(=O)Nc1cc(Cl)ccc1Cl. The largest absolute Gasteiger partial charge is 0.510 e. The number of allylic oxidation sites excluding steroid dienone is 1. The van der Waals surface area contributed by atoms with E-state index in [-0.39, 0.29) is 11.5 Å². The zero-order valence-electron chi connectivity index (χ0n) is 11.7. The molecule has 0 aliphatic rings. The molecule has 0 aliphatic heterocycles. The summed E-state index contributed by atoms with van der Waals surface area (Å²) in [5, 5.41) is 16.0. The lowest BCUT2D eigenvalue weighted by molar-refractivity contribution is -0.112. The molecule has 2 rings (SSSR count). The number of aliphatic hydroxyl groups is 1. The van der Waals surface area contributed by atoms with Gasteiger partial charge in [0.25, 0.3) is 5.91 Å². The van der Waals surface area contributed by atoms with Gasteiger partial charge >= 0.3 is 0 Å². The summed E-state index contributed by atoms with van der Waals surface area (Å²) in [6, 6.07) is 13.8. The molecule has 3 N–H and O–H groups in total. The Kier molecular flexibility index (Phi) is 5.31. The summed E-state index contributed by atoms with van der Waals surface area (Å²) < 4.78 is 0. The van der Waals surface area contributed by atoms with Gasteiger partial charge in [-0.15, -0.1) is 0 Å². The van der Waals surface area contributed by atoms with Crippen LogP contribution in [0.4, 0.5) is 11.4 Å². The summed E-state index contributed by atoms with van der Waals surface area (Å²) in [4.78, 5) is 12.3. The van der Waals surface area contributed by atoms with E-state index in [1.54, 1.807) is 24.3 Å². The van der Waals surface area contributed by atoms with Crippen molar-refractivity contribution in [3.8, 4) is 0 Å². The van der Waals surface area contributed by atoms with E-state index < -0.39 is 5.91 Å². The summed E-state index contributed by atoms with van der Waals surface area (Å²) in [5.41, 5.74) is 1.08. The standard InChI is InChI=1S/C16H14Cl2N2O2/c1-10(21)15(19-12-5-3-2-4-6-12)16(22)20-14-9-11(17)7-8-13(14)18/h2-9,19,21H,1H3,(H,20,22)/b15-10+. The topological polar surface area (TPSA) is 61.4 Å². The second-order valence-electron chi connectivity index (χ2n) is 4.53. The van der Waals surface area contributed by atoms with Crippen LogP contribution in [-0.4, -0.2) is 11.0 Å². The zero-order valence-corrected chi connectivity index (χ0v) is 13.2. The molecule has 0 bridgehead atoms. The number of anilines is 2. The summed E-state index contributed by atoms with van der Waals surface area (Å²) >= 11 is 11.9. The van der Waals surface area contributed by atoms with Crippen molar-refractivity contribution in [1.29, 1.82) is 0 Å². The Labute approximate surface area is 138 Å². The first kappa shape index (κ1) is 16.2. The monoisotopic (exact) mass is 336 g/mol. The first-order valence-corrected chi connectivity index (χ1v) is 7.21. The van der Waals surface area contributed by atoms with Crippen molar-refractivity contribution in [2.45, 2.75) is 6.92 Å². The van der Waals surface area contributed by atoms with E-state index in [4.69, 9.17) is 23.2 Å². The number of amides is 1. The van der Waals surface area contributed by atoms with Crippen LogP contribution < -0.4 is 10.6 Å². The molecule has 0 spiro atoms. The minimum Gasteiger partial charge on any atom is -0.510 e. The average Bonchev–Trinajstić information content (AvgIpc) is 2.49. The molecule has 0 atom stereocenters. The van der Waals surface area contributed by atoms with Gasteiger partial charge in [-0.1, -0.05) is 41.4 Å². The molecule has 4 nitrogen and oxygen atoms in total. The van der Waals surface area contributed by atoms with Gasteiger partial charge in [0.2, 0.25) is 0 Å². The normalized spacial score (nSPS) is 11.6. The fourth-order valence-electron chi connectivity index (χ4n) is 1.76. The van der Waals surface area contributed by atoms with E-state index in [0.717, 1.165) is 0 Å². The first-order valence-electron chi connectivity index (χ1n) is 6.45. The predicted molar refractivity (Wildman–Crippen MR) is 90.5 cm³/mol. The Morgan fingerprint density at radius 3 is 2.36 bits per heavy atom. The van der Waals surface area contributed by atoms with Gasteiger partial charge in [0.15, 0.2) is 0 Å². The third-order valence-electron chi connectivity index (χ3n) is 2.81. The van der Waals surface area contributed by atoms with Gasteiger partial charge in [-0.05, 0) is 37.3 Å². The third kappa shape index (κ3) is 4.16. The molecule has 6 heteroatoms. The number of para-hydroxylation sites is 1. The van der Waals surface area contributed by atoms with E-state index in [1.807, 2.05) is 18.2 Å². The third-order valence-corrected chi connectivity index (χ3v) is 3.37. The van der Waals surface area contributed by atoms with Crippen molar-refractivity contribution in [2.24, 2.45) is 0 Å². The number of carbonyl (C=O) groups is 1. The summed E-state index contributed by atoms with van der Waals surface area (Å²) in [6.07, 6.45) is 0. The second kappa shape index (κ2) is 7.20. The lowest BCUT2D eigenvalue weighted by Gasteiger charge is -2.13. The number of hydrogen-bond donors (Lipinski definition) is 3. The van der Waals surface area contributed by atoms with E-state index in [1.165, 1.54) is 13.0 Å². The first-order chi connectivity index (χ1) is 10.5. The van der Waals surface area contributed by atoms with Crippen LogP contribution in [0, 0.1) is 0 Å². The molecule has 2 aromatic carbocycles. The Bertz CT molecular complexity index is 711. The number of halogens is 2. The van der Waals surface area contributed by atoms with Gasteiger partial charge in [-0.3, -0.25) is 4.79 Å². The van der Waals surface area contributed by atoms with Gasteiger partial charge in [0, 0.05) is 10.7 Å². The fraction of sp³-hybridized carbons (Fsp3) is 0.0625. The molecule has 1 amide bonds. The van der Waals surface area contributed by atoms with Crippen LogP contribution in [0.5, 0.6) is 0 Å². The van der Waals surface area contributed by atoms with Gasteiger partial charge in [-0.25, -0.2) is 0 Å². The van der Waals surface area contributed by atoms with Crippen LogP contribution in [0.1, 0.15) is 6.92 Å². The number of hydrogen-bond acceptors (Lipinski definition) is 3. The minimum absolute atomic E-state index is 0.0299. The number of carbonyl (C=O) groups excluding carboxylic acids is 1. The highest BCUT2D eigenvalue weighted by molar-refractivity contribution is 6.35. The summed E-state index contributed by atoms with van der Waals surface area (Å²) in [5.74, 6) is -0.660. The fourth-order valence-corrected chi connectivity index (χ4v) is 2.09. The van der Waals surface area contributed by atoms with Crippen molar-refractivity contribution in [1.82, 2.24) is 0 Å². The van der Waals surface area contributed by atoms with Crippen LogP contribution in [0.2, 0.25) is 10.0 Å². The molecule has 22 heavy (non-hydrogen) atoms. The molecule has 0 aromatic heterocycles. The Balaban J connectivity index is 2.21. The van der Waals surface area contributed by atoms with Crippen LogP contribution in [0.3, 0.4) is 0 Å². The molecule has 114 valence electrons. The molecule has 0 aliphatic carbocycles. The number of aliphatic hydroxyl groups excluding tert-OH is 1. The molecular formula is C16H14Cl2N2O2. The molecule has 0 saturated heterocycles. The smallest absolute Gasteiger partial charge is 0.275 e. The Morgan fingerprint density at radius 1 is 1.05 bits per heavy atom. The van der Waals surface area contributed by atoms with E-state index in [0.29, 0.717) is 21.4 Å². The number of rotatable bonds is 4. The molecule has 0 saturated carbocycles. The molecule has 0 unspecified atom stereocenters. The van der Waals surface area contributed by atoms with Crippen LogP contribution in [0.15, 0.2) is 60.0 Å². The van der Waals surface area contributed by atoms with Gasteiger partial charge in [-0.2, -0.15) is 0 Å². The lowest BCUT2D eigenvalue weighted by atomic mass is 10.2. The maximum atomic E-state index is 12.3. The van der Waals surface area contributed by atoms with Gasteiger partial charge in [0.05, 0.1) is 10.7 Å². The van der Waals surface area contributed by atoms with Crippen molar-refractivity contribution < 1.29 is 9.90 Å². The van der Waals surface area contributed by atoms with Gasteiger partial charge in [0.1, 0.15) is 11.5 Å². The van der Waals surface area contributed by atoms with Crippen LogP contribution >= 0.6 is 23.2 Å². The number of nitrogens with one attached hydrogen (secondary N) is 2. The summed E-state index contributed by atoms with van der Waals surface area (Å²) in [6.45, 7) is 1.42. The zero-order chi connectivity index (χ0) is 16.1. The maximum Gasteiger partial charge on any atom is 0.275 e. The predicted octanol–water partition coefficient (Wildman–Crippen LogP) is 4.83. The van der Waals surface area contributed by atoms with Crippen LogP contribution in [-0.2, 0) is 4.79 Å². The lowest BCUT2D eigenvalue weighted by Crippen LogP contribution is -2.21. The van der Waals surface area contributed by atoms with E-state index in [9.17, 15) is 9.90 Å². The van der Waals surface area contributed by atoms with Crippen LogP contribution in [0.25, 0.3) is 0 Å². The van der Waals surface area contributed by atoms with Gasteiger partial charge < -0.3 is 15.7 Å². The Morgan fingerprint density at radius 2 is 1.73 bits per heavy atom. The molecule has 0 heterocycles. The molecular weight excluding hydrogens is 323 g/mol. The van der Waals surface area contributed by atoms with E-state index in [2.05, 4.69) is 10.6 Å². The van der Waals surface area contributed by atoms with Crippen molar-refractivity contribution in [3.05, 3.63) is 70.0 Å². The maximum absolute atomic E-state index is 12.3. The Hall–Kier alpha value is -2.17. The average molecular weight is 337 g/mol. The van der Waals surface area contributed by atoms with Crippen molar-refractivity contribution in [3.63, 3.8) is 0 Å². The summed E-state index contributed by atoms with van der Waals surface area (Å²) in [7, 11) is 0. The molecule has 0 fully saturated rings. The highest BCUT2D eigenvalue weighted by atomic mass is 35.5. The van der Waals surface area contributed by atoms with E-state index >= 15 is 0 Å². The van der Waals surface area contributed by atoms with Crippen molar-refractivity contribution in [2.75, 3.05) is 10.6 Å². The quantitative estimate of drug-likeness (QED) is 0.553. The molecule has 2 aromatic rings. The molecule has 0 radical (unpaired) electrons. The highest BCUT2D eigenvalue weighted by Gasteiger charge is 2.15. The second-order valence-corrected chi connectivity index (χ2v) is 5.37. The van der Waals surface area contributed by atoms with Crippen molar-refractivity contribution >= 4 is 40.5 Å². The number of benzene rings is 2. The minimum atomic E-state index is -0.520. The highest BCUT2D eigenvalue weighted by Crippen LogP contribution is 2.26.